The maximum Gasteiger partial charge on any atom is 0.269 e. The summed E-state index contributed by atoms with van der Waals surface area (Å²) in [7, 11) is -3.95. The molecule has 1 aromatic heterocycles. The molecule has 116 valence electrons. The molecule has 0 spiro atoms. The Morgan fingerprint density at radius 3 is 2.65 bits per heavy atom. The number of sulfonamides is 1. The summed E-state index contributed by atoms with van der Waals surface area (Å²) in [4.78, 5) is 16.2. The zero-order chi connectivity index (χ0) is 16.2. The Hall–Kier alpha value is -2.74. The quantitative estimate of drug-likeness (QED) is 0.719. The van der Waals surface area contributed by atoms with Gasteiger partial charge in [0.2, 0.25) is 5.89 Å². The van der Waals surface area contributed by atoms with E-state index in [4.69, 9.17) is 4.42 Å². The minimum Gasteiger partial charge on any atom is -0.439 e. The van der Waals surface area contributed by atoms with Crippen molar-refractivity contribution in [3.63, 3.8) is 0 Å². The molecule has 2 aromatic carbocycles. The molecule has 0 unspecified atom stereocenters. The largest absolute Gasteiger partial charge is 0.439 e. The van der Waals surface area contributed by atoms with Crippen molar-refractivity contribution in [3.8, 4) is 0 Å². The van der Waals surface area contributed by atoms with Crippen LogP contribution in [0, 0.1) is 5.82 Å². The fourth-order valence-electron chi connectivity index (χ4n) is 2.54. The molecule has 0 radical (unpaired) electrons. The van der Waals surface area contributed by atoms with E-state index in [-0.39, 0.29) is 34.0 Å². The van der Waals surface area contributed by atoms with Gasteiger partial charge in [-0.05, 0) is 24.3 Å². The number of nitrogens with zero attached hydrogens (tertiary/aromatic N) is 2. The zero-order valence-corrected chi connectivity index (χ0v) is 12.4. The lowest BCUT2D eigenvalue weighted by atomic mass is 10.2. The summed E-state index contributed by atoms with van der Waals surface area (Å²) in [6, 6.07) is 10.1. The molecule has 2 heterocycles. The van der Waals surface area contributed by atoms with E-state index in [1.807, 2.05) is 0 Å². The number of aromatic nitrogens is 1. The summed E-state index contributed by atoms with van der Waals surface area (Å²) in [6.07, 6.45) is 0. The fraction of sp³-hybridized carbons (Fsp3) is 0.0667. The van der Waals surface area contributed by atoms with Crippen LogP contribution in [0.4, 0.5) is 4.39 Å². The molecule has 0 saturated carbocycles. The van der Waals surface area contributed by atoms with Crippen molar-refractivity contribution < 1.29 is 22.0 Å². The SMILES string of the molecule is O=C1c2ccccc2S(=O)(=O)N1Cc1nc2c(F)cccc2o1. The number of carbonyl (C=O) groups excluding carboxylic acids is 1. The Balaban J connectivity index is 1.77. The molecule has 23 heavy (non-hydrogen) atoms. The van der Waals surface area contributed by atoms with Gasteiger partial charge in [-0.25, -0.2) is 22.1 Å². The van der Waals surface area contributed by atoms with Crippen LogP contribution < -0.4 is 0 Å². The van der Waals surface area contributed by atoms with Crippen molar-refractivity contribution in [2.75, 3.05) is 0 Å². The summed E-state index contributed by atoms with van der Waals surface area (Å²) < 4.78 is 44.5. The maximum atomic E-state index is 13.6. The van der Waals surface area contributed by atoms with E-state index in [0.29, 0.717) is 4.31 Å². The standard InChI is InChI=1S/C15H9FN2O4S/c16-10-5-3-6-11-14(10)17-13(22-11)8-18-15(19)9-4-1-2-7-12(9)23(18,20)21/h1-7H,8H2. The van der Waals surface area contributed by atoms with Crippen LogP contribution in [0.15, 0.2) is 51.8 Å². The van der Waals surface area contributed by atoms with Crippen molar-refractivity contribution in [2.24, 2.45) is 0 Å². The average Bonchev–Trinajstić information content (AvgIpc) is 3.03. The number of hydrogen-bond donors (Lipinski definition) is 0. The Morgan fingerprint density at radius 2 is 1.91 bits per heavy atom. The molecule has 0 fully saturated rings. The van der Waals surface area contributed by atoms with Crippen molar-refractivity contribution >= 4 is 27.0 Å². The van der Waals surface area contributed by atoms with Crippen molar-refractivity contribution in [3.05, 3.63) is 59.7 Å². The Morgan fingerprint density at radius 1 is 1.13 bits per heavy atom. The predicted molar refractivity (Wildman–Crippen MR) is 77.5 cm³/mol. The Kier molecular flexibility index (Phi) is 2.79. The monoisotopic (exact) mass is 332 g/mol. The van der Waals surface area contributed by atoms with Crippen LogP contribution in [-0.4, -0.2) is 23.6 Å². The molecular weight excluding hydrogens is 323 g/mol. The second kappa shape index (κ2) is 4.63. The van der Waals surface area contributed by atoms with E-state index < -0.39 is 21.7 Å². The molecule has 0 atom stereocenters. The summed E-state index contributed by atoms with van der Waals surface area (Å²) >= 11 is 0. The highest BCUT2D eigenvalue weighted by Crippen LogP contribution is 2.31. The fourth-order valence-corrected chi connectivity index (χ4v) is 4.06. The van der Waals surface area contributed by atoms with E-state index in [1.54, 1.807) is 12.1 Å². The number of rotatable bonds is 2. The molecule has 0 aliphatic carbocycles. The summed E-state index contributed by atoms with van der Waals surface area (Å²) in [6.45, 7) is -0.385. The van der Waals surface area contributed by atoms with E-state index in [9.17, 15) is 17.6 Å². The van der Waals surface area contributed by atoms with E-state index in [0.717, 1.165) is 0 Å². The summed E-state index contributed by atoms with van der Waals surface area (Å²) in [5.74, 6) is -1.27. The first-order valence-electron chi connectivity index (χ1n) is 6.68. The zero-order valence-electron chi connectivity index (χ0n) is 11.6. The molecule has 1 aliphatic heterocycles. The second-order valence-electron chi connectivity index (χ2n) is 5.01. The maximum absolute atomic E-state index is 13.6. The third kappa shape index (κ3) is 1.95. The number of hydrogen-bond acceptors (Lipinski definition) is 5. The molecule has 8 heteroatoms. The molecule has 1 aliphatic rings. The molecule has 4 rings (SSSR count). The van der Waals surface area contributed by atoms with Gasteiger partial charge in [0.25, 0.3) is 15.9 Å². The normalized spacial score (nSPS) is 16.0. The minimum atomic E-state index is -3.95. The first kappa shape index (κ1) is 13.9. The van der Waals surface area contributed by atoms with Crippen LogP contribution in [-0.2, 0) is 16.6 Å². The van der Waals surface area contributed by atoms with Gasteiger partial charge in [-0.15, -0.1) is 0 Å². The summed E-state index contributed by atoms with van der Waals surface area (Å²) in [5, 5.41) is 0. The lowest BCUT2D eigenvalue weighted by molar-refractivity contribution is 0.0857. The van der Waals surface area contributed by atoms with Crippen molar-refractivity contribution in [2.45, 2.75) is 11.4 Å². The highest BCUT2D eigenvalue weighted by Gasteiger charge is 2.41. The Bertz CT molecular complexity index is 1060. The lowest BCUT2D eigenvalue weighted by Crippen LogP contribution is -2.29. The van der Waals surface area contributed by atoms with Gasteiger partial charge in [0.15, 0.2) is 11.4 Å². The number of oxazole rings is 1. The molecular formula is C15H9FN2O4S. The number of amides is 1. The van der Waals surface area contributed by atoms with Crippen LogP contribution in [0.1, 0.15) is 16.2 Å². The van der Waals surface area contributed by atoms with Gasteiger partial charge in [0.1, 0.15) is 17.0 Å². The topological polar surface area (TPSA) is 80.5 Å². The third-order valence-corrected chi connectivity index (χ3v) is 5.39. The van der Waals surface area contributed by atoms with E-state index in [2.05, 4.69) is 4.98 Å². The van der Waals surface area contributed by atoms with Crippen molar-refractivity contribution in [1.82, 2.24) is 9.29 Å². The van der Waals surface area contributed by atoms with Gasteiger partial charge in [0.05, 0.1) is 5.56 Å². The van der Waals surface area contributed by atoms with Crippen LogP contribution in [0.25, 0.3) is 11.1 Å². The first-order valence-corrected chi connectivity index (χ1v) is 8.12. The second-order valence-corrected chi connectivity index (χ2v) is 6.84. The molecule has 1 amide bonds. The average molecular weight is 332 g/mol. The molecule has 0 bridgehead atoms. The third-order valence-electron chi connectivity index (χ3n) is 3.60. The van der Waals surface area contributed by atoms with Crippen LogP contribution in [0.3, 0.4) is 0 Å². The van der Waals surface area contributed by atoms with E-state index in [1.165, 1.54) is 30.3 Å². The molecule has 6 nitrogen and oxygen atoms in total. The van der Waals surface area contributed by atoms with Gasteiger partial charge in [-0.3, -0.25) is 4.79 Å². The molecule has 0 N–H and O–H groups in total. The smallest absolute Gasteiger partial charge is 0.269 e. The first-order chi connectivity index (χ1) is 11.0. The van der Waals surface area contributed by atoms with Gasteiger partial charge < -0.3 is 4.42 Å². The number of benzene rings is 2. The predicted octanol–water partition coefficient (Wildman–Crippen LogP) is 2.31. The highest BCUT2D eigenvalue weighted by molar-refractivity contribution is 7.90. The highest BCUT2D eigenvalue weighted by atomic mass is 32.2. The number of fused-ring (bicyclic) bond motifs is 2. The van der Waals surface area contributed by atoms with Crippen LogP contribution >= 0.6 is 0 Å². The van der Waals surface area contributed by atoms with Gasteiger partial charge in [0, 0.05) is 0 Å². The Labute approximate surface area is 130 Å². The van der Waals surface area contributed by atoms with Gasteiger partial charge in [-0.2, -0.15) is 0 Å². The number of carbonyl (C=O) groups is 1. The molecule has 0 saturated heterocycles. The van der Waals surface area contributed by atoms with Crippen LogP contribution in [0.2, 0.25) is 0 Å². The van der Waals surface area contributed by atoms with E-state index >= 15 is 0 Å². The van der Waals surface area contributed by atoms with Gasteiger partial charge >= 0.3 is 0 Å². The summed E-state index contributed by atoms with van der Waals surface area (Å²) in [5.41, 5.74) is 0.306. The van der Waals surface area contributed by atoms with Gasteiger partial charge in [-0.1, -0.05) is 18.2 Å². The number of para-hydroxylation sites is 1. The minimum absolute atomic E-state index is 0.00376. The van der Waals surface area contributed by atoms with Crippen molar-refractivity contribution in [1.29, 1.82) is 0 Å². The number of halogens is 1. The molecule has 3 aromatic rings. The lowest BCUT2D eigenvalue weighted by Gasteiger charge is -2.12. The van der Waals surface area contributed by atoms with Crippen LogP contribution in [0.5, 0.6) is 0 Å².